The highest BCUT2D eigenvalue weighted by atomic mass is 35.5. The van der Waals surface area contributed by atoms with Crippen molar-refractivity contribution in [2.24, 2.45) is 20.7 Å². The van der Waals surface area contributed by atoms with Crippen LogP contribution in [-0.4, -0.2) is 27.5 Å². The van der Waals surface area contributed by atoms with Crippen molar-refractivity contribution >= 4 is 46.7 Å². The van der Waals surface area contributed by atoms with E-state index in [1.807, 2.05) is 60.7 Å². The fraction of sp³-hybridized carbons (Fsp3) is 0.0263. The molecule has 6 aromatic rings. The van der Waals surface area contributed by atoms with E-state index in [1.54, 1.807) is 0 Å². The summed E-state index contributed by atoms with van der Waals surface area (Å²) < 4.78 is 0. The Bertz CT molecular complexity index is 2090. The quantitative estimate of drug-likeness (QED) is 0.102. The van der Waals surface area contributed by atoms with Crippen LogP contribution >= 0.6 is 23.2 Å². The zero-order valence-corrected chi connectivity index (χ0v) is 26.4. The monoisotopic (exact) mass is 651 g/mol. The minimum atomic E-state index is -0.448. The molecular weight excluding hydrogens is 625 g/mol. The van der Waals surface area contributed by atoms with E-state index in [0.717, 1.165) is 44.8 Å². The van der Waals surface area contributed by atoms with E-state index in [0.29, 0.717) is 11.4 Å². The Labute approximate surface area is 282 Å². The second-order valence-corrected chi connectivity index (χ2v) is 11.5. The van der Waals surface area contributed by atoms with Gasteiger partial charge in [0, 0.05) is 22.8 Å². The normalized spacial score (nSPS) is 14.6. The summed E-state index contributed by atoms with van der Waals surface area (Å²) in [6.45, 7) is 0. The molecule has 5 aromatic carbocycles. The van der Waals surface area contributed by atoms with Crippen molar-refractivity contribution < 1.29 is 0 Å². The lowest BCUT2D eigenvalue weighted by atomic mass is 10.0. The fourth-order valence-corrected chi connectivity index (χ4v) is 5.64. The maximum absolute atomic E-state index is 6.28. The molecule has 3 N–H and O–H groups in total. The number of hydrogen-bond acceptors (Lipinski definition) is 6. The van der Waals surface area contributed by atoms with Gasteiger partial charge in [0.05, 0.1) is 0 Å². The first-order chi connectivity index (χ1) is 23.0. The third kappa shape index (κ3) is 6.97. The fourth-order valence-electron chi connectivity index (χ4n) is 5.22. The number of nitrogens with one attached hydrogen (secondary N) is 1. The molecule has 0 aliphatic carbocycles. The Morgan fingerprint density at radius 3 is 1.49 bits per heavy atom. The molecule has 7 rings (SSSR count). The zero-order valence-electron chi connectivity index (χ0n) is 24.9. The van der Waals surface area contributed by atoms with Crippen molar-refractivity contribution in [1.82, 2.24) is 15.3 Å². The number of amidine groups is 3. The highest BCUT2D eigenvalue weighted by molar-refractivity contribution is 6.33. The number of aromatic nitrogens is 2. The number of nitrogens with two attached hydrogens (primary N) is 1. The minimum absolute atomic E-state index is 0.0858. The molecule has 9 heteroatoms. The molecule has 0 saturated heterocycles. The zero-order chi connectivity index (χ0) is 32.2. The molecule has 2 heterocycles. The molecule has 1 aliphatic rings. The first-order valence-electron chi connectivity index (χ1n) is 14.9. The van der Waals surface area contributed by atoms with Crippen LogP contribution in [0.15, 0.2) is 155 Å². The highest BCUT2D eigenvalue weighted by Crippen LogP contribution is 2.28. The largest absolute Gasteiger partial charge is 0.383 e. The average Bonchev–Trinajstić information content (AvgIpc) is 3.12. The van der Waals surface area contributed by atoms with Crippen molar-refractivity contribution in [2.45, 2.75) is 6.17 Å². The highest BCUT2D eigenvalue weighted by Gasteiger charge is 2.21. The molecule has 0 bridgehead atoms. The summed E-state index contributed by atoms with van der Waals surface area (Å²) in [4.78, 5) is 22.5. The summed E-state index contributed by atoms with van der Waals surface area (Å²) in [5.41, 5.74) is 14.3. The minimum Gasteiger partial charge on any atom is -0.383 e. The van der Waals surface area contributed by atoms with Crippen LogP contribution in [0.25, 0.3) is 22.3 Å². The summed E-state index contributed by atoms with van der Waals surface area (Å²) >= 11 is 12.0. The van der Waals surface area contributed by atoms with Gasteiger partial charge in [-0.05, 0) is 27.8 Å². The van der Waals surface area contributed by atoms with Crippen molar-refractivity contribution in [1.29, 1.82) is 0 Å². The molecular formula is C38H27Cl2N7. The van der Waals surface area contributed by atoms with Gasteiger partial charge in [0.1, 0.15) is 27.8 Å². The number of rotatable bonds is 7. The van der Waals surface area contributed by atoms with E-state index >= 15 is 0 Å². The lowest BCUT2D eigenvalue weighted by Gasteiger charge is -2.23. The SMILES string of the molecule is NC(=Nc1nc(Cl)cc(Cl)n1)c1ccc(C2=NC(c3ccc(-c4ccccc4)cc3)N=C(c3ccc(-c4ccccc4)cc3)N2)cc1. The van der Waals surface area contributed by atoms with Crippen molar-refractivity contribution in [3.8, 4) is 22.3 Å². The van der Waals surface area contributed by atoms with E-state index in [-0.39, 0.29) is 22.1 Å². The number of halogens is 2. The topological polar surface area (TPSA) is 101 Å². The predicted octanol–water partition coefficient (Wildman–Crippen LogP) is 8.65. The lowest BCUT2D eigenvalue weighted by Crippen LogP contribution is -2.36. The van der Waals surface area contributed by atoms with Gasteiger partial charge in [-0.15, -0.1) is 0 Å². The summed E-state index contributed by atoms with van der Waals surface area (Å²) in [6, 6.07) is 46.4. The number of aliphatic imine (C=N–C) groups is 3. The molecule has 0 radical (unpaired) electrons. The molecule has 1 aromatic heterocycles. The van der Waals surface area contributed by atoms with Gasteiger partial charge in [-0.25, -0.2) is 9.98 Å². The van der Waals surface area contributed by atoms with E-state index in [9.17, 15) is 0 Å². The summed E-state index contributed by atoms with van der Waals surface area (Å²) in [6.07, 6.45) is -0.448. The first-order valence-corrected chi connectivity index (χ1v) is 15.6. The van der Waals surface area contributed by atoms with Gasteiger partial charge in [0.25, 0.3) is 5.95 Å². The van der Waals surface area contributed by atoms with Crippen molar-refractivity contribution in [3.05, 3.63) is 172 Å². The van der Waals surface area contributed by atoms with E-state index in [2.05, 4.69) is 93.1 Å². The molecule has 228 valence electrons. The molecule has 1 atom stereocenters. The van der Waals surface area contributed by atoms with E-state index < -0.39 is 6.17 Å². The second-order valence-electron chi connectivity index (χ2n) is 10.8. The molecule has 1 aliphatic heterocycles. The van der Waals surface area contributed by atoms with Crippen LogP contribution in [0.3, 0.4) is 0 Å². The second kappa shape index (κ2) is 13.4. The number of benzene rings is 5. The van der Waals surface area contributed by atoms with Crippen LogP contribution in [-0.2, 0) is 0 Å². The third-order valence-corrected chi connectivity index (χ3v) is 8.03. The van der Waals surface area contributed by atoms with Crippen LogP contribution in [0.5, 0.6) is 0 Å². The van der Waals surface area contributed by atoms with E-state index in [1.165, 1.54) is 6.07 Å². The molecule has 0 fully saturated rings. The number of nitrogens with zero attached hydrogens (tertiary/aromatic N) is 5. The Morgan fingerprint density at radius 2 is 0.979 bits per heavy atom. The molecule has 7 nitrogen and oxygen atoms in total. The molecule has 0 saturated carbocycles. The molecule has 47 heavy (non-hydrogen) atoms. The molecule has 0 spiro atoms. The Hall–Kier alpha value is -5.63. The van der Waals surface area contributed by atoms with Crippen LogP contribution in [0, 0.1) is 0 Å². The Morgan fingerprint density at radius 1 is 0.553 bits per heavy atom. The van der Waals surface area contributed by atoms with Gasteiger partial charge < -0.3 is 11.1 Å². The molecule has 1 unspecified atom stereocenters. The van der Waals surface area contributed by atoms with Crippen molar-refractivity contribution in [3.63, 3.8) is 0 Å². The lowest BCUT2D eigenvalue weighted by molar-refractivity contribution is 0.756. The van der Waals surface area contributed by atoms with Gasteiger partial charge in [-0.2, -0.15) is 15.0 Å². The summed E-state index contributed by atoms with van der Waals surface area (Å²) in [5, 5.41) is 3.84. The predicted molar refractivity (Wildman–Crippen MR) is 192 cm³/mol. The Balaban J connectivity index is 1.20. The van der Waals surface area contributed by atoms with Gasteiger partial charge in [0.2, 0.25) is 0 Å². The van der Waals surface area contributed by atoms with Crippen LogP contribution in [0.2, 0.25) is 10.3 Å². The Kier molecular flexibility index (Phi) is 8.56. The van der Waals surface area contributed by atoms with Crippen LogP contribution < -0.4 is 11.1 Å². The summed E-state index contributed by atoms with van der Waals surface area (Å²) in [5.74, 6) is 1.73. The van der Waals surface area contributed by atoms with Gasteiger partial charge in [0.15, 0.2) is 6.17 Å². The smallest absolute Gasteiger partial charge is 0.254 e. The maximum atomic E-state index is 6.28. The maximum Gasteiger partial charge on any atom is 0.254 e. The third-order valence-electron chi connectivity index (χ3n) is 7.65. The van der Waals surface area contributed by atoms with Crippen molar-refractivity contribution in [2.75, 3.05) is 0 Å². The standard InChI is InChI=1S/C38H27Cl2N7/c39-32-23-33(40)43-38(42-32)44-34(41)28-15-21-31(22-16-28)37-46-35(29-17-11-26(12-18-29)24-7-3-1-4-8-24)45-36(47-37)30-19-13-27(14-20-30)25-9-5-2-6-10-25/h1-23,35H,(H,45,46,47)(H2,41,42,43,44). The van der Waals surface area contributed by atoms with Gasteiger partial charge in [-0.3, -0.25) is 0 Å². The van der Waals surface area contributed by atoms with Gasteiger partial charge >= 0.3 is 0 Å². The van der Waals surface area contributed by atoms with Crippen LogP contribution in [0.4, 0.5) is 5.95 Å². The van der Waals surface area contributed by atoms with Crippen LogP contribution in [0.1, 0.15) is 28.4 Å². The average molecular weight is 653 g/mol. The first kappa shape index (κ1) is 30.0. The van der Waals surface area contributed by atoms with E-state index in [4.69, 9.17) is 38.9 Å². The van der Waals surface area contributed by atoms with Gasteiger partial charge in [-0.1, -0.05) is 157 Å². The molecule has 0 amide bonds. The summed E-state index contributed by atoms with van der Waals surface area (Å²) in [7, 11) is 0. The number of hydrogen-bond donors (Lipinski definition) is 2.